The van der Waals surface area contributed by atoms with E-state index in [4.69, 9.17) is 4.74 Å². The van der Waals surface area contributed by atoms with Gasteiger partial charge in [-0.1, -0.05) is 6.07 Å². The molecule has 1 aliphatic rings. The fraction of sp³-hybridized carbons (Fsp3) is 0.429. The summed E-state index contributed by atoms with van der Waals surface area (Å²) < 4.78 is 5.22. The summed E-state index contributed by atoms with van der Waals surface area (Å²) in [7, 11) is 1.58. The second-order valence-corrected chi connectivity index (χ2v) is 4.80. The highest BCUT2D eigenvalue weighted by molar-refractivity contribution is 5.90. The Morgan fingerprint density at radius 1 is 1.55 bits per heavy atom. The quantitative estimate of drug-likeness (QED) is 0.769. The third-order valence-corrected chi connectivity index (χ3v) is 2.94. The van der Waals surface area contributed by atoms with Crippen LogP contribution in [0.15, 0.2) is 23.2 Å². The van der Waals surface area contributed by atoms with Crippen LogP contribution in [0, 0.1) is 0 Å². The first kappa shape index (κ1) is 14.2. The molecule has 108 valence electrons. The van der Waals surface area contributed by atoms with E-state index < -0.39 is 0 Å². The molecule has 1 aliphatic heterocycles. The number of guanidine groups is 1. The number of rotatable bonds is 4. The van der Waals surface area contributed by atoms with Crippen molar-refractivity contribution in [2.24, 2.45) is 4.99 Å². The molecule has 0 bridgehead atoms. The number of benzene rings is 1. The maximum Gasteiger partial charge on any atom is 0.221 e. The molecule has 0 radical (unpaired) electrons. The molecule has 6 nitrogen and oxygen atoms in total. The van der Waals surface area contributed by atoms with Gasteiger partial charge in [-0.15, -0.1) is 0 Å². The number of nitrogens with one attached hydrogen (secondary N) is 3. The molecular formula is C14H20N4O2. The first-order chi connectivity index (χ1) is 9.58. The van der Waals surface area contributed by atoms with Crippen LogP contribution in [-0.4, -0.2) is 31.6 Å². The van der Waals surface area contributed by atoms with Gasteiger partial charge in [0.25, 0.3) is 0 Å². The van der Waals surface area contributed by atoms with E-state index in [1.807, 2.05) is 18.2 Å². The van der Waals surface area contributed by atoms with Crippen molar-refractivity contribution in [1.29, 1.82) is 0 Å². The SMILES string of the molecule is COc1ccc(CNC2=NCC(C)N2)cc1NC(C)=O. The number of hydrogen-bond donors (Lipinski definition) is 3. The Kier molecular flexibility index (Phi) is 4.45. The molecule has 3 N–H and O–H groups in total. The standard InChI is InChI=1S/C14H20N4O2/c1-9-7-15-14(17-9)16-8-11-4-5-13(20-3)12(6-11)18-10(2)19/h4-6,9H,7-8H2,1-3H3,(H,18,19)(H2,15,16,17). The van der Waals surface area contributed by atoms with E-state index in [0.717, 1.165) is 18.1 Å². The average Bonchev–Trinajstić information content (AvgIpc) is 2.82. The Balaban J connectivity index is 2.03. The van der Waals surface area contributed by atoms with E-state index in [-0.39, 0.29) is 5.91 Å². The molecule has 1 atom stereocenters. The summed E-state index contributed by atoms with van der Waals surface area (Å²) in [5.74, 6) is 1.34. The van der Waals surface area contributed by atoms with Crippen LogP contribution in [0.4, 0.5) is 5.69 Å². The number of methoxy groups -OCH3 is 1. The van der Waals surface area contributed by atoms with Crippen LogP contribution in [-0.2, 0) is 11.3 Å². The molecule has 0 aliphatic carbocycles. The molecule has 1 unspecified atom stereocenters. The van der Waals surface area contributed by atoms with Crippen LogP contribution in [0.1, 0.15) is 19.4 Å². The van der Waals surface area contributed by atoms with Gasteiger partial charge in [-0.3, -0.25) is 9.79 Å². The van der Waals surface area contributed by atoms with Crippen molar-refractivity contribution in [2.45, 2.75) is 26.4 Å². The molecule has 0 spiro atoms. The summed E-state index contributed by atoms with van der Waals surface area (Å²) in [6.07, 6.45) is 0. The second-order valence-electron chi connectivity index (χ2n) is 4.80. The molecule has 0 saturated heterocycles. The Bertz CT molecular complexity index is 528. The maximum atomic E-state index is 11.2. The zero-order chi connectivity index (χ0) is 14.5. The highest BCUT2D eigenvalue weighted by Crippen LogP contribution is 2.25. The number of carbonyl (C=O) groups excluding carboxylic acids is 1. The Morgan fingerprint density at radius 3 is 2.95 bits per heavy atom. The average molecular weight is 276 g/mol. The molecule has 1 amide bonds. The van der Waals surface area contributed by atoms with Crippen molar-refractivity contribution >= 4 is 17.6 Å². The van der Waals surface area contributed by atoms with Crippen LogP contribution < -0.4 is 20.7 Å². The van der Waals surface area contributed by atoms with Gasteiger partial charge >= 0.3 is 0 Å². The summed E-state index contributed by atoms with van der Waals surface area (Å²) in [4.78, 5) is 15.5. The zero-order valence-electron chi connectivity index (χ0n) is 12.0. The molecule has 1 heterocycles. The van der Waals surface area contributed by atoms with Gasteiger partial charge in [-0.25, -0.2) is 0 Å². The van der Waals surface area contributed by atoms with Gasteiger partial charge in [0.15, 0.2) is 5.96 Å². The molecule has 1 aromatic carbocycles. The maximum absolute atomic E-state index is 11.2. The predicted octanol–water partition coefficient (Wildman–Crippen LogP) is 1.09. The van der Waals surface area contributed by atoms with Gasteiger partial charge in [0.2, 0.25) is 5.91 Å². The van der Waals surface area contributed by atoms with Crippen LogP contribution in [0.2, 0.25) is 0 Å². The molecule has 20 heavy (non-hydrogen) atoms. The van der Waals surface area contributed by atoms with Gasteiger partial charge in [-0.05, 0) is 24.6 Å². The summed E-state index contributed by atoms with van der Waals surface area (Å²) in [5.41, 5.74) is 1.72. The van der Waals surface area contributed by atoms with Gasteiger partial charge in [-0.2, -0.15) is 0 Å². The first-order valence-corrected chi connectivity index (χ1v) is 6.58. The van der Waals surface area contributed by atoms with Crippen molar-refractivity contribution in [3.8, 4) is 5.75 Å². The van der Waals surface area contributed by atoms with E-state index in [2.05, 4.69) is 27.9 Å². The van der Waals surface area contributed by atoms with Crippen LogP contribution in [0.25, 0.3) is 0 Å². The summed E-state index contributed by atoms with van der Waals surface area (Å²) >= 11 is 0. The molecule has 6 heteroatoms. The smallest absolute Gasteiger partial charge is 0.221 e. The van der Waals surface area contributed by atoms with Crippen molar-refractivity contribution in [1.82, 2.24) is 10.6 Å². The minimum absolute atomic E-state index is 0.121. The Labute approximate surface area is 118 Å². The number of hydrogen-bond acceptors (Lipinski definition) is 5. The van der Waals surface area contributed by atoms with Gasteiger partial charge in [0, 0.05) is 19.5 Å². The van der Waals surface area contributed by atoms with Crippen LogP contribution in [0.3, 0.4) is 0 Å². The van der Waals surface area contributed by atoms with Crippen molar-refractivity contribution in [2.75, 3.05) is 19.0 Å². The highest BCUT2D eigenvalue weighted by Gasteiger charge is 2.12. The van der Waals surface area contributed by atoms with E-state index in [9.17, 15) is 4.79 Å². The van der Waals surface area contributed by atoms with E-state index in [0.29, 0.717) is 24.0 Å². The molecule has 0 saturated carbocycles. The number of aliphatic imine (C=N–C) groups is 1. The van der Waals surface area contributed by atoms with Crippen LogP contribution in [0.5, 0.6) is 5.75 Å². The molecular weight excluding hydrogens is 256 g/mol. The monoisotopic (exact) mass is 276 g/mol. The lowest BCUT2D eigenvalue weighted by molar-refractivity contribution is -0.114. The number of carbonyl (C=O) groups is 1. The lowest BCUT2D eigenvalue weighted by Crippen LogP contribution is -2.37. The predicted molar refractivity (Wildman–Crippen MR) is 79.0 cm³/mol. The number of amides is 1. The minimum atomic E-state index is -0.121. The van der Waals surface area contributed by atoms with Gasteiger partial charge < -0.3 is 20.7 Å². The minimum Gasteiger partial charge on any atom is -0.495 e. The van der Waals surface area contributed by atoms with E-state index >= 15 is 0 Å². The molecule has 0 fully saturated rings. The second kappa shape index (κ2) is 6.27. The van der Waals surface area contributed by atoms with Gasteiger partial charge in [0.1, 0.15) is 5.75 Å². The number of nitrogens with zero attached hydrogens (tertiary/aromatic N) is 1. The van der Waals surface area contributed by atoms with Crippen molar-refractivity contribution in [3.05, 3.63) is 23.8 Å². The normalized spacial score (nSPS) is 17.1. The topological polar surface area (TPSA) is 74.8 Å². The summed E-state index contributed by atoms with van der Waals surface area (Å²) in [5, 5.41) is 9.23. The van der Waals surface area contributed by atoms with E-state index in [1.54, 1.807) is 7.11 Å². The fourth-order valence-corrected chi connectivity index (χ4v) is 2.00. The van der Waals surface area contributed by atoms with Crippen molar-refractivity contribution < 1.29 is 9.53 Å². The Hall–Kier alpha value is -2.24. The summed E-state index contributed by atoms with van der Waals surface area (Å²) in [6.45, 7) is 4.99. The largest absolute Gasteiger partial charge is 0.495 e. The zero-order valence-corrected chi connectivity index (χ0v) is 12.0. The molecule has 0 aromatic heterocycles. The van der Waals surface area contributed by atoms with Crippen molar-refractivity contribution in [3.63, 3.8) is 0 Å². The molecule has 1 aromatic rings. The Morgan fingerprint density at radius 2 is 2.35 bits per heavy atom. The van der Waals surface area contributed by atoms with Gasteiger partial charge in [0.05, 0.1) is 19.3 Å². The number of anilines is 1. The summed E-state index contributed by atoms with van der Waals surface area (Å²) in [6, 6.07) is 6.07. The lowest BCUT2D eigenvalue weighted by Gasteiger charge is -2.12. The van der Waals surface area contributed by atoms with E-state index in [1.165, 1.54) is 6.92 Å². The highest BCUT2D eigenvalue weighted by atomic mass is 16.5. The first-order valence-electron chi connectivity index (χ1n) is 6.58. The third-order valence-electron chi connectivity index (χ3n) is 2.94. The molecule has 2 rings (SSSR count). The number of ether oxygens (including phenoxy) is 1. The lowest BCUT2D eigenvalue weighted by atomic mass is 10.2. The fourth-order valence-electron chi connectivity index (χ4n) is 2.00. The van der Waals surface area contributed by atoms with Crippen LogP contribution >= 0.6 is 0 Å². The third kappa shape index (κ3) is 3.63.